The molecule has 0 aliphatic heterocycles. The summed E-state index contributed by atoms with van der Waals surface area (Å²) in [6.45, 7) is 8.07. The number of ether oxygens (including phenoxy) is 3. The summed E-state index contributed by atoms with van der Waals surface area (Å²) in [4.78, 5) is 23.8. The molecule has 7 heteroatoms. The highest BCUT2D eigenvalue weighted by Gasteiger charge is 2.24. The largest absolute Gasteiger partial charge is 0.494 e. The third-order valence-electron chi connectivity index (χ3n) is 2.90. The topological polar surface area (TPSA) is 85.9 Å². The van der Waals surface area contributed by atoms with Crippen molar-refractivity contribution in [2.45, 2.75) is 39.3 Å². The minimum absolute atomic E-state index is 0.0207. The van der Waals surface area contributed by atoms with Crippen LogP contribution in [0.15, 0.2) is 24.3 Å². The Labute approximate surface area is 142 Å². The molecule has 2 amide bonds. The molecule has 1 aromatic carbocycles. The Morgan fingerprint density at radius 1 is 1.17 bits per heavy atom. The molecule has 0 bridgehead atoms. The average molecular weight is 338 g/mol. The molecule has 0 heterocycles. The number of urea groups is 1. The fraction of sp³-hybridized carbons (Fsp3) is 0.529. The first-order valence-electron chi connectivity index (χ1n) is 7.77. The maximum atomic E-state index is 12.1. The van der Waals surface area contributed by atoms with E-state index in [-0.39, 0.29) is 6.61 Å². The molecule has 0 spiro atoms. The number of nitrogens with one attached hydrogen (secondary N) is 2. The maximum absolute atomic E-state index is 12.1. The summed E-state index contributed by atoms with van der Waals surface area (Å²) in [5.41, 5.74) is 0.149. The van der Waals surface area contributed by atoms with Crippen molar-refractivity contribution < 1.29 is 23.8 Å². The van der Waals surface area contributed by atoms with Crippen molar-refractivity contribution in [1.82, 2.24) is 5.32 Å². The van der Waals surface area contributed by atoms with E-state index in [1.165, 1.54) is 7.11 Å². The summed E-state index contributed by atoms with van der Waals surface area (Å²) in [5.74, 6) is 0.149. The average Bonchev–Trinajstić information content (AvgIpc) is 2.52. The van der Waals surface area contributed by atoms with E-state index in [2.05, 4.69) is 10.6 Å². The van der Waals surface area contributed by atoms with Gasteiger partial charge in [0.1, 0.15) is 5.75 Å². The lowest BCUT2D eigenvalue weighted by molar-refractivity contribution is -0.145. The molecule has 2 N–H and O–H groups in total. The molecule has 0 aliphatic rings. The molecule has 0 fully saturated rings. The Hall–Kier alpha value is -2.28. The van der Waals surface area contributed by atoms with Gasteiger partial charge in [0.15, 0.2) is 6.04 Å². The van der Waals surface area contributed by atoms with Gasteiger partial charge in [-0.2, -0.15) is 0 Å². The van der Waals surface area contributed by atoms with E-state index >= 15 is 0 Å². The van der Waals surface area contributed by atoms with Crippen LogP contribution in [0.25, 0.3) is 0 Å². The van der Waals surface area contributed by atoms with Crippen molar-refractivity contribution in [3.05, 3.63) is 24.3 Å². The van der Waals surface area contributed by atoms with Gasteiger partial charge in [-0.1, -0.05) is 0 Å². The summed E-state index contributed by atoms with van der Waals surface area (Å²) < 4.78 is 15.6. The van der Waals surface area contributed by atoms with Gasteiger partial charge in [-0.25, -0.2) is 9.59 Å². The first kappa shape index (κ1) is 19.8. The van der Waals surface area contributed by atoms with Gasteiger partial charge in [-0.15, -0.1) is 0 Å². The van der Waals surface area contributed by atoms with Crippen molar-refractivity contribution in [2.75, 3.05) is 25.6 Å². The molecule has 7 nitrogen and oxygen atoms in total. The number of esters is 1. The Morgan fingerprint density at radius 3 is 2.29 bits per heavy atom. The fourth-order valence-corrected chi connectivity index (χ4v) is 1.77. The van der Waals surface area contributed by atoms with E-state index in [0.717, 1.165) is 5.75 Å². The minimum Gasteiger partial charge on any atom is -0.494 e. The molecule has 1 atom stereocenters. The predicted octanol–water partition coefficient (Wildman–Crippen LogP) is 2.56. The Bertz CT molecular complexity index is 537. The fourth-order valence-electron chi connectivity index (χ4n) is 1.77. The third-order valence-corrected chi connectivity index (χ3v) is 2.90. The third kappa shape index (κ3) is 7.32. The molecule has 1 rings (SSSR count). The van der Waals surface area contributed by atoms with Crippen LogP contribution in [0.1, 0.15) is 27.7 Å². The van der Waals surface area contributed by atoms with Crippen molar-refractivity contribution in [3.8, 4) is 5.75 Å². The molecule has 134 valence electrons. The van der Waals surface area contributed by atoms with E-state index in [1.54, 1.807) is 24.3 Å². The van der Waals surface area contributed by atoms with Crippen LogP contribution in [0.2, 0.25) is 0 Å². The predicted molar refractivity (Wildman–Crippen MR) is 91.3 cm³/mol. The molecule has 0 radical (unpaired) electrons. The number of hydrogen-bond acceptors (Lipinski definition) is 5. The number of carbonyl (C=O) groups is 2. The second-order valence-electron chi connectivity index (χ2n) is 6.05. The lowest BCUT2D eigenvalue weighted by Crippen LogP contribution is -2.47. The first-order valence-corrected chi connectivity index (χ1v) is 7.77. The van der Waals surface area contributed by atoms with Gasteiger partial charge in [-0.3, -0.25) is 0 Å². The van der Waals surface area contributed by atoms with E-state index < -0.39 is 23.6 Å². The Kier molecular flexibility index (Phi) is 7.51. The number of anilines is 1. The quantitative estimate of drug-likeness (QED) is 0.746. The van der Waals surface area contributed by atoms with E-state index in [0.29, 0.717) is 12.3 Å². The van der Waals surface area contributed by atoms with Crippen molar-refractivity contribution >= 4 is 17.7 Å². The minimum atomic E-state index is -0.892. The molecule has 1 aromatic rings. The summed E-state index contributed by atoms with van der Waals surface area (Å²) >= 11 is 0. The molecule has 0 aliphatic carbocycles. The lowest BCUT2D eigenvalue weighted by atomic mass is 10.2. The van der Waals surface area contributed by atoms with Gasteiger partial charge in [0.25, 0.3) is 0 Å². The molecular weight excluding hydrogens is 312 g/mol. The highest BCUT2D eigenvalue weighted by Crippen LogP contribution is 2.15. The Balaban J connectivity index is 2.61. The maximum Gasteiger partial charge on any atom is 0.330 e. The summed E-state index contributed by atoms with van der Waals surface area (Å²) in [6, 6.07) is 5.51. The number of hydrogen-bond donors (Lipinski definition) is 2. The van der Waals surface area contributed by atoms with Crippen molar-refractivity contribution in [3.63, 3.8) is 0 Å². The normalized spacial score (nSPS) is 12.2. The lowest BCUT2D eigenvalue weighted by Gasteiger charge is -2.24. The van der Waals surface area contributed by atoms with Gasteiger partial charge in [0.2, 0.25) is 0 Å². The molecule has 1 unspecified atom stereocenters. The van der Waals surface area contributed by atoms with Crippen LogP contribution in [0, 0.1) is 0 Å². The summed E-state index contributed by atoms with van der Waals surface area (Å²) in [6.07, 6.45) is 0. The molecule has 0 aromatic heterocycles. The van der Waals surface area contributed by atoms with Gasteiger partial charge in [0, 0.05) is 5.69 Å². The SMILES string of the molecule is CCOc1ccc(NC(=O)NC(COC(C)(C)C)C(=O)OC)cc1. The standard InChI is InChI=1S/C17H26N2O5/c1-6-23-13-9-7-12(8-10-13)18-16(21)19-14(15(20)22-5)11-24-17(2,3)4/h7-10,14H,6,11H2,1-5H3,(H2,18,19,21). The van der Waals surface area contributed by atoms with Crippen LogP contribution in [0.5, 0.6) is 5.75 Å². The highest BCUT2D eigenvalue weighted by atomic mass is 16.5. The number of rotatable bonds is 7. The van der Waals surface area contributed by atoms with Crippen LogP contribution in [-0.4, -0.2) is 44.0 Å². The molecular formula is C17H26N2O5. The van der Waals surface area contributed by atoms with Crippen molar-refractivity contribution in [2.24, 2.45) is 0 Å². The zero-order chi connectivity index (χ0) is 18.2. The first-order chi connectivity index (χ1) is 11.2. The van der Waals surface area contributed by atoms with Gasteiger partial charge in [-0.05, 0) is 52.0 Å². The Morgan fingerprint density at radius 2 is 1.79 bits per heavy atom. The molecule has 0 saturated heterocycles. The molecule has 24 heavy (non-hydrogen) atoms. The van der Waals surface area contributed by atoms with Gasteiger partial charge in [0.05, 0.1) is 25.9 Å². The number of benzene rings is 1. The van der Waals surface area contributed by atoms with Crippen LogP contribution in [-0.2, 0) is 14.3 Å². The smallest absolute Gasteiger partial charge is 0.330 e. The summed E-state index contributed by atoms with van der Waals surface area (Å²) in [5, 5.41) is 5.20. The zero-order valence-electron chi connectivity index (χ0n) is 14.8. The van der Waals surface area contributed by atoms with E-state index in [9.17, 15) is 9.59 Å². The van der Waals surface area contributed by atoms with Crippen LogP contribution >= 0.6 is 0 Å². The monoisotopic (exact) mass is 338 g/mol. The van der Waals surface area contributed by atoms with E-state index in [1.807, 2.05) is 27.7 Å². The van der Waals surface area contributed by atoms with Crippen LogP contribution in [0.4, 0.5) is 10.5 Å². The second kappa shape index (κ2) is 9.12. The summed E-state index contributed by atoms with van der Waals surface area (Å²) in [7, 11) is 1.26. The highest BCUT2D eigenvalue weighted by molar-refractivity contribution is 5.92. The van der Waals surface area contributed by atoms with E-state index in [4.69, 9.17) is 14.2 Å². The second-order valence-corrected chi connectivity index (χ2v) is 6.05. The zero-order valence-corrected chi connectivity index (χ0v) is 14.8. The van der Waals surface area contributed by atoms with Crippen molar-refractivity contribution in [1.29, 1.82) is 0 Å². The van der Waals surface area contributed by atoms with Gasteiger partial charge >= 0.3 is 12.0 Å². The number of methoxy groups -OCH3 is 1. The number of amides is 2. The van der Waals surface area contributed by atoms with Gasteiger partial charge < -0.3 is 24.8 Å². The molecule has 0 saturated carbocycles. The van der Waals surface area contributed by atoms with Crippen LogP contribution < -0.4 is 15.4 Å². The number of carbonyl (C=O) groups excluding carboxylic acids is 2. The van der Waals surface area contributed by atoms with Crippen LogP contribution in [0.3, 0.4) is 0 Å².